The Morgan fingerprint density at radius 3 is 1.83 bits per heavy atom. The maximum absolute atomic E-state index is 3.99. The maximum atomic E-state index is 3.99. The summed E-state index contributed by atoms with van der Waals surface area (Å²) in [6, 6.07) is 22.5. The summed E-state index contributed by atoms with van der Waals surface area (Å²) in [5, 5.41) is 7.98. The minimum Gasteiger partial charge on any atom is -0.290 e. The summed E-state index contributed by atoms with van der Waals surface area (Å²) in [7, 11) is 0. The van der Waals surface area contributed by atoms with E-state index in [1.807, 2.05) is 0 Å². The molecule has 0 aromatic heterocycles. The average molecular weight is 306 g/mol. The molecule has 3 atom stereocenters. The quantitative estimate of drug-likeness (QED) is 0.849. The van der Waals surface area contributed by atoms with Crippen LogP contribution in [-0.4, -0.2) is 5.66 Å². The fraction of sp³-hybridized carbons (Fsp3) is 0.429. The molecule has 1 aliphatic heterocycles. The first-order valence-corrected chi connectivity index (χ1v) is 8.91. The van der Waals surface area contributed by atoms with Crippen molar-refractivity contribution in [3.63, 3.8) is 0 Å². The van der Waals surface area contributed by atoms with Gasteiger partial charge in [0, 0.05) is 0 Å². The summed E-state index contributed by atoms with van der Waals surface area (Å²) in [5.41, 5.74) is 2.85. The molecule has 0 radical (unpaired) electrons. The van der Waals surface area contributed by atoms with E-state index in [2.05, 4.69) is 78.2 Å². The van der Waals surface area contributed by atoms with Gasteiger partial charge in [0.05, 0.1) is 17.7 Å². The summed E-state index contributed by atoms with van der Waals surface area (Å²) >= 11 is 0. The fourth-order valence-corrected chi connectivity index (χ4v) is 4.49. The molecule has 1 heterocycles. The van der Waals surface area contributed by atoms with Crippen LogP contribution < -0.4 is 10.6 Å². The lowest BCUT2D eigenvalue weighted by atomic mass is 9.82. The first-order chi connectivity index (χ1) is 11.3. The van der Waals surface area contributed by atoms with Crippen LogP contribution in [0.15, 0.2) is 60.7 Å². The standard InChI is InChI=1S/C21H26N2/c1-16-9-8-14-21(15-16)22-19(17-10-4-2-5-11-17)20(23-21)18-12-6-3-7-13-18/h2-7,10-13,16,19-20,22-23H,8-9,14-15H2,1H3/t16-,19-,20-/m1/s1. The molecule has 2 aromatic carbocycles. The summed E-state index contributed by atoms with van der Waals surface area (Å²) in [6.45, 7) is 2.39. The second kappa shape index (κ2) is 6.10. The Balaban J connectivity index is 1.69. The first-order valence-electron chi connectivity index (χ1n) is 8.91. The van der Waals surface area contributed by atoms with Crippen LogP contribution >= 0.6 is 0 Å². The second-order valence-electron chi connectivity index (χ2n) is 7.35. The molecule has 0 bridgehead atoms. The third kappa shape index (κ3) is 2.93. The summed E-state index contributed by atoms with van der Waals surface area (Å²) in [5.74, 6) is 0.787. The van der Waals surface area contributed by atoms with Gasteiger partial charge in [0.15, 0.2) is 0 Å². The van der Waals surface area contributed by atoms with Crippen molar-refractivity contribution in [2.75, 3.05) is 0 Å². The smallest absolute Gasteiger partial charge is 0.0700 e. The van der Waals surface area contributed by atoms with E-state index in [-0.39, 0.29) is 5.66 Å². The molecule has 2 nitrogen and oxygen atoms in total. The van der Waals surface area contributed by atoms with E-state index in [9.17, 15) is 0 Å². The second-order valence-corrected chi connectivity index (χ2v) is 7.35. The van der Waals surface area contributed by atoms with Gasteiger partial charge in [-0.3, -0.25) is 10.6 Å². The molecule has 2 aromatic rings. The van der Waals surface area contributed by atoms with Crippen LogP contribution in [-0.2, 0) is 0 Å². The summed E-state index contributed by atoms with van der Waals surface area (Å²) < 4.78 is 0. The van der Waals surface area contributed by atoms with Gasteiger partial charge in [-0.1, -0.05) is 80.4 Å². The van der Waals surface area contributed by atoms with E-state index in [1.165, 1.54) is 36.8 Å². The molecule has 0 amide bonds. The summed E-state index contributed by atoms with van der Waals surface area (Å²) in [4.78, 5) is 0. The van der Waals surface area contributed by atoms with Crippen LogP contribution in [0.5, 0.6) is 0 Å². The van der Waals surface area contributed by atoms with E-state index >= 15 is 0 Å². The maximum Gasteiger partial charge on any atom is 0.0700 e. The van der Waals surface area contributed by atoms with E-state index in [4.69, 9.17) is 0 Å². The number of rotatable bonds is 2. The van der Waals surface area contributed by atoms with Crippen molar-refractivity contribution in [2.45, 2.75) is 50.4 Å². The van der Waals surface area contributed by atoms with Crippen molar-refractivity contribution in [2.24, 2.45) is 5.92 Å². The molecule has 1 saturated heterocycles. The van der Waals surface area contributed by atoms with E-state index in [0.29, 0.717) is 12.1 Å². The van der Waals surface area contributed by atoms with E-state index < -0.39 is 0 Å². The van der Waals surface area contributed by atoms with Gasteiger partial charge in [-0.15, -0.1) is 0 Å². The SMILES string of the molecule is C[C@@H]1CCCC2(C1)N[C@H](c1ccccc1)[C@@H](c1ccccc1)N2. The molecule has 2 fully saturated rings. The predicted molar refractivity (Wildman–Crippen MR) is 95.0 cm³/mol. The Labute approximate surface area is 139 Å². The third-order valence-electron chi connectivity index (χ3n) is 5.51. The van der Waals surface area contributed by atoms with Crippen molar-refractivity contribution >= 4 is 0 Å². The highest BCUT2D eigenvalue weighted by Crippen LogP contribution is 2.43. The van der Waals surface area contributed by atoms with Gasteiger partial charge in [-0.05, 0) is 29.9 Å². The molecule has 2 heteroatoms. The van der Waals surface area contributed by atoms with Crippen LogP contribution in [0.3, 0.4) is 0 Å². The van der Waals surface area contributed by atoms with Crippen LogP contribution in [0.1, 0.15) is 55.8 Å². The lowest BCUT2D eigenvalue weighted by Crippen LogP contribution is -2.52. The van der Waals surface area contributed by atoms with Crippen LogP contribution in [0.4, 0.5) is 0 Å². The lowest BCUT2D eigenvalue weighted by Gasteiger charge is -2.38. The van der Waals surface area contributed by atoms with Gasteiger partial charge in [-0.25, -0.2) is 0 Å². The number of hydrogen-bond donors (Lipinski definition) is 2. The van der Waals surface area contributed by atoms with Crippen LogP contribution in [0.25, 0.3) is 0 Å². The van der Waals surface area contributed by atoms with Crippen molar-refractivity contribution in [3.8, 4) is 0 Å². The normalized spacial score (nSPS) is 29.7. The molecule has 1 spiro atoms. The highest BCUT2D eigenvalue weighted by Gasteiger charge is 2.46. The highest BCUT2D eigenvalue weighted by atomic mass is 15.3. The molecular formula is C21H26N2. The number of hydrogen-bond acceptors (Lipinski definition) is 2. The zero-order valence-electron chi connectivity index (χ0n) is 13.8. The predicted octanol–water partition coefficient (Wildman–Crippen LogP) is 4.57. The molecule has 0 unspecified atom stereocenters. The Kier molecular flexibility index (Phi) is 3.96. The topological polar surface area (TPSA) is 24.1 Å². The molecule has 1 saturated carbocycles. The number of benzene rings is 2. The molecule has 2 aliphatic rings. The average Bonchev–Trinajstić information content (AvgIpc) is 2.95. The highest BCUT2D eigenvalue weighted by molar-refractivity contribution is 5.31. The minimum absolute atomic E-state index is 0.0959. The molecule has 1 aliphatic carbocycles. The van der Waals surface area contributed by atoms with Gasteiger partial charge < -0.3 is 0 Å². The molecule has 120 valence electrons. The first kappa shape index (κ1) is 14.9. The van der Waals surface area contributed by atoms with Crippen molar-refractivity contribution in [1.82, 2.24) is 10.6 Å². The van der Waals surface area contributed by atoms with Crippen LogP contribution in [0, 0.1) is 5.92 Å². The summed E-state index contributed by atoms with van der Waals surface area (Å²) in [6.07, 6.45) is 5.12. The van der Waals surface area contributed by atoms with Gasteiger partial charge in [0.2, 0.25) is 0 Å². The van der Waals surface area contributed by atoms with Crippen molar-refractivity contribution in [1.29, 1.82) is 0 Å². The zero-order valence-corrected chi connectivity index (χ0v) is 13.8. The Bertz CT molecular complexity index is 590. The molecule has 2 N–H and O–H groups in total. The fourth-order valence-electron chi connectivity index (χ4n) is 4.49. The van der Waals surface area contributed by atoms with Gasteiger partial charge in [0.25, 0.3) is 0 Å². The van der Waals surface area contributed by atoms with Crippen molar-refractivity contribution < 1.29 is 0 Å². The Morgan fingerprint density at radius 2 is 1.35 bits per heavy atom. The molecule has 23 heavy (non-hydrogen) atoms. The zero-order chi connectivity index (χ0) is 15.7. The Hall–Kier alpha value is -1.64. The lowest BCUT2D eigenvalue weighted by molar-refractivity contribution is 0.179. The molecular weight excluding hydrogens is 280 g/mol. The van der Waals surface area contributed by atoms with Gasteiger partial charge >= 0.3 is 0 Å². The molecule has 4 rings (SSSR count). The third-order valence-corrected chi connectivity index (χ3v) is 5.51. The van der Waals surface area contributed by atoms with Crippen LogP contribution in [0.2, 0.25) is 0 Å². The van der Waals surface area contributed by atoms with Gasteiger partial charge in [0.1, 0.15) is 0 Å². The van der Waals surface area contributed by atoms with E-state index in [1.54, 1.807) is 0 Å². The minimum atomic E-state index is 0.0959. The van der Waals surface area contributed by atoms with Gasteiger partial charge in [-0.2, -0.15) is 0 Å². The monoisotopic (exact) mass is 306 g/mol. The largest absolute Gasteiger partial charge is 0.290 e. The number of nitrogens with one attached hydrogen (secondary N) is 2. The van der Waals surface area contributed by atoms with E-state index in [0.717, 1.165) is 5.92 Å². The van der Waals surface area contributed by atoms with Crippen molar-refractivity contribution in [3.05, 3.63) is 71.8 Å². The Morgan fingerprint density at radius 1 is 0.826 bits per heavy atom.